The van der Waals surface area contributed by atoms with Crippen molar-refractivity contribution in [2.75, 3.05) is 7.11 Å². The molecule has 0 bridgehead atoms. The fraction of sp³-hybridized carbons (Fsp3) is 0.250. The Bertz CT molecular complexity index is 309. The van der Waals surface area contributed by atoms with Crippen LogP contribution in [0.4, 0.5) is 0 Å². The molecule has 0 aliphatic carbocycles. The summed E-state index contributed by atoms with van der Waals surface area (Å²) in [5, 5.41) is 8.71. The molecule has 1 N–H and O–H groups in total. The summed E-state index contributed by atoms with van der Waals surface area (Å²) in [5.41, 5.74) is 0.804. The van der Waals surface area contributed by atoms with Gasteiger partial charge in [-0.15, -0.1) is 0 Å². The second kappa shape index (κ2) is 3.21. The Labute approximate surface area is 69.8 Å². The summed E-state index contributed by atoms with van der Waals surface area (Å²) in [5.74, 6) is -0.717. The fourth-order valence-electron chi connectivity index (χ4n) is 0.877. The van der Waals surface area contributed by atoms with E-state index < -0.39 is 5.97 Å². The number of hydrogen-bond acceptors (Lipinski definition) is 3. The van der Waals surface area contributed by atoms with Gasteiger partial charge in [-0.05, 0) is 13.0 Å². The average molecular weight is 167 g/mol. The number of methoxy groups -OCH3 is 1. The molecule has 0 spiro atoms. The van der Waals surface area contributed by atoms with Gasteiger partial charge in [0.05, 0.1) is 13.3 Å². The van der Waals surface area contributed by atoms with Crippen LogP contribution in [0, 0.1) is 6.92 Å². The number of aromatic carboxylic acids is 1. The number of aromatic nitrogens is 1. The normalized spacial score (nSPS) is 9.50. The Morgan fingerprint density at radius 1 is 1.67 bits per heavy atom. The summed E-state index contributed by atoms with van der Waals surface area (Å²) in [4.78, 5) is 14.5. The first-order chi connectivity index (χ1) is 5.65. The summed E-state index contributed by atoms with van der Waals surface area (Å²) in [6.07, 6.45) is 1.40. The number of aryl methyl sites for hydroxylation is 1. The quantitative estimate of drug-likeness (QED) is 0.716. The number of carboxylic acid groups (broad SMARTS) is 1. The zero-order valence-corrected chi connectivity index (χ0v) is 6.87. The van der Waals surface area contributed by atoms with Gasteiger partial charge in [0.25, 0.3) is 0 Å². The number of pyridine rings is 1. The van der Waals surface area contributed by atoms with Crippen molar-refractivity contribution in [1.29, 1.82) is 0 Å². The van der Waals surface area contributed by atoms with Crippen molar-refractivity contribution in [3.8, 4) is 5.75 Å². The third-order valence-corrected chi connectivity index (χ3v) is 1.45. The predicted octanol–water partition coefficient (Wildman–Crippen LogP) is 1.10. The lowest BCUT2D eigenvalue weighted by Crippen LogP contribution is -2.01. The second-order valence-electron chi connectivity index (χ2n) is 2.33. The van der Waals surface area contributed by atoms with Crippen LogP contribution in [0.25, 0.3) is 0 Å². The minimum atomic E-state index is -1.00. The lowest BCUT2D eigenvalue weighted by atomic mass is 10.2. The largest absolute Gasteiger partial charge is 0.494 e. The van der Waals surface area contributed by atoms with Crippen molar-refractivity contribution in [2.24, 2.45) is 0 Å². The topological polar surface area (TPSA) is 59.4 Å². The molecule has 1 aromatic heterocycles. The zero-order chi connectivity index (χ0) is 9.14. The number of nitrogens with zero attached hydrogens (tertiary/aromatic N) is 1. The third kappa shape index (κ3) is 1.53. The number of rotatable bonds is 2. The summed E-state index contributed by atoms with van der Waals surface area (Å²) in [7, 11) is 1.42. The van der Waals surface area contributed by atoms with Crippen LogP contribution in [0.2, 0.25) is 0 Å². The second-order valence-corrected chi connectivity index (χ2v) is 2.33. The highest BCUT2D eigenvalue weighted by Crippen LogP contribution is 2.16. The van der Waals surface area contributed by atoms with E-state index in [2.05, 4.69) is 4.98 Å². The number of carboxylic acids is 1. The fourth-order valence-corrected chi connectivity index (χ4v) is 0.877. The smallest absolute Gasteiger partial charge is 0.339 e. The van der Waals surface area contributed by atoms with E-state index in [-0.39, 0.29) is 11.3 Å². The standard InChI is InChI=1S/C8H9NO3/c1-5-3-6(8(10)11)7(12-2)4-9-5/h3-4H,1-2H3,(H,10,11). The molecule has 0 saturated carbocycles. The highest BCUT2D eigenvalue weighted by Gasteiger charge is 2.10. The predicted molar refractivity (Wildman–Crippen MR) is 42.5 cm³/mol. The van der Waals surface area contributed by atoms with Crippen molar-refractivity contribution in [3.05, 3.63) is 23.5 Å². The molecule has 0 aliphatic rings. The maximum atomic E-state index is 10.6. The molecule has 4 nitrogen and oxygen atoms in total. The molecule has 0 radical (unpaired) electrons. The monoisotopic (exact) mass is 167 g/mol. The van der Waals surface area contributed by atoms with Gasteiger partial charge in [-0.2, -0.15) is 0 Å². The molecule has 0 unspecified atom stereocenters. The Morgan fingerprint density at radius 2 is 2.33 bits per heavy atom. The maximum absolute atomic E-state index is 10.6. The Hall–Kier alpha value is -1.58. The van der Waals surface area contributed by atoms with Gasteiger partial charge < -0.3 is 9.84 Å². The number of hydrogen-bond donors (Lipinski definition) is 1. The van der Waals surface area contributed by atoms with E-state index in [0.717, 1.165) is 0 Å². The first-order valence-corrected chi connectivity index (χ1v) is 3.39. The van der Waals surface area contributed by atoms with E-state index >= 15 is 0 Å². The van der Waals surface area contributed by atoms with Crippen LogP contribution in [0.5, 0.6) is 5.75 Å². The minimum Gasteiger partial charge on any atom is -0.494 e. The van der Waals surface area contributed by atoms with Crippen LogP contribution in [0.3, 0.4) is 0 Å². The molecule has 12 heavy (non-hydrogen) atoms. The van der Waals surface area contributed by atoms with Crippen LogP contribution in [0.15, 0.2) is 12.3 Å². The SMILES string of the molecule is COc1cnc(C)cc1C(=O)O. The number of ether oxygens (including phenoxy) is 1. The summed E-state index contributed by atoms with van der Waals surface area (Å²) in [6, 6.07) is 1.47. The van der Waals surface area contributed by atoms with Crippen LogP contribution in [-0.2, 0) is 0 Å². The molecule has 0 saturated heterocycles. The van der Waals surface area contributed by atoms with Crippen molar-refractivity contribution in [1.82, 2.24) is 4.98 Å². The van der Waals surface area contributed by atoms with E-state index in [1.165, 1.54) is 19.4 Å². The molecule has 0 fully saturated rings. The summed E-state index contributed by atoms with van der Waals surface area (Å²) >= 11 is 0. The first-order valence-electron chi connectivity index (χ1n) is 3.39. The Morgan fingerprint density at radius 3 is 2.83 bits per heavy atom. The van der Waals surface area contributed by atoms with E-state index in [0.29, 0.717) is 5.69 Å². The van der Waals surface area contributed by atoms with Crippen molar-refractivity contribution in [3.63, 3.8) is 0 Å². The molecule has 1 aromatic rings. The van der Waals surface area contributed by atoms with Crippen molar-refractivity contribution in [2.45, 2.75) is 6.92 Å². The van der Waals surface area contributed by atoms with Gasteiger partial charge in [0.15, 0.2) is 5.75 Å². The van der Waals surface area contributed by atoms with Gasteiger partial charge in [-0.3, -0.25) is 4.98 Å². The van der Waals surface area contributed by atoms with Gasteiger partial charge in [-0.25, -0.2) is 4.79 Å². The van der Waals surface area contributed by atoms with E-state index in [4.69, 9.17) is 9.84 Å². The molecule has 0 aliphatic heterocycles. The molecule has 1 heterocycles. The van der Waals surface area contributed by atoms with Crippen LogP contribution in [-0.4, -0.2) is 23.2 Å². The van der Waals surface area contributed by atoms with E-state index in [9.17, 15) is 4.79 Å². The van der Waals surface area contributed by atoms with Crippen LogP contribution in [0.1, 0.15) is 16.1 Å². The van der Waals surface area contributed by atoms with Gasteiger partial charge in [-0.1, -0.05) is 0 Å². The molecular formula is C8H9NO3. The highest BCUT2D eigenvalue weighted by atomic mass is 16.5. The molecule has 0 aromatic carbocycles. The molecule has 0 atom stereocenters. The minimum absolute atomic E-state index is 0.144. The molecule has 0 amide bonds. The molecule has 4 heteroatoms. The first kappa shape index (κ1) is 8.52. The number of carbonyl (C=O) groups is 1. The third-order valence-electron chi connectivity index (χ3n) is 1.45. The molecule has 1 rings (SSSR count). The Balaban J connectivity index is 3.21. The van der Waals surface area contributed by atoms with E-state index in [1.807, 2.05) is 0 Å². The van der Waals surface area contributed by atoms with Crippen LogP contribution < -0.4 is 4.74 Å². The van der Waals surface area contributed by atoms with Gasteiger partial charge in [0, 0.05) is 5.69 Å². The Kier molecular flexibility index (Phi) is 2.28. The summed E-state index contributed by atoms with van der Waals surface area (Å²) in [6.45, 7) is 1.73. The highest BCUT2D eigenvalue weighted by molar-refractivity contribution is 5.90. The average Bonchev–Trinajstić information content (AvgIpc) is 2.04. The molecule has 64 valence electrons. The van der Waals surface area contributed by atoms with Crippen molar-refractivity contribution >= 4 is 5.97 Å². The van der Waals surface area contributed by atoms with Crippen molar-refractivity contribution < 1.29 is 14.6 Å². The lowest BCUT2D eigenvalue weighted by Gasteiger charge is -2.03. The van der Waals surface area contributed by atoms with Gasteiger partial charge >= 0.3 is 5.97 Å². The van der Waals surface area contributed by atoms with Gasteiger partial charge in [0.2, 0.25) is 0 Å². The zero-order valence-electron chi connectivity index (χ0n) is 6.87. The van der Waals surface area contributed by atoms with Crippen LogP contribution >= 0.6 is 0 Å². The summed E-state index contributed by atoms with van der Waals surface area (Å²) < 4.78 is 4.82. The van der Waals surface area contributed by atoms with E-state index in [1.54, 1.807) is 6.92 Å². The maximum Gasteiger partial charge on any atom is 0.339 e. The van der Waals surface area contributed by atoms with Gasteiger partial charge in [0.1, 0.15) is 5.56 Å². The molecular weight excluding hydrogens is 158 g/mol. The lowest BCUT2D eigenvalue weighted by molar-refractivity contribution is 0.0693.